The molecular weight excluding hydrogens is 238 g/mol. The highest BCUT2D eigenvalue weighted by atomic mass is 131. The Bertz CT molecular complexity index is 147. The van der Waals surface area contributed by atoms with Gasteiger partial charge in [-0.25, -0.2) is 0 Å². The van der Waals surface area contributed by atoms with Crippen molar-refractivity contribution in [2.45, 2.75) is 0 Å². The molecule has 0 spiro atoms. The number of hydrogen-bond acceptors (Lipinski definition) is 0. The van der Waals surface area contributed by atoms with Crippen LogP contribution in [0.1, 0.15) is 0 Å². The van der Waals surface area contributed by atoms with Crippen LogP contribution in [0.25, 0.3) is 0 Å². The van der Waals surface area contributed by atoms with Gasteiger partial charge in [-0.05, 0) is 46.9 Å². The highest BCUT2D eigenvalue weighted by Crippen LogP contribution is 2.10. The van der Waals surface area contributed by atoms with Crippen LogP contribution in [0.5, 0.6) is 0 Å². The fourth-order valence-corrected chi connectivity index (χ4v) is 0.915. The van der Waals surface area contributed by atoms with Crippen LogP contribution in [-0.2, 0) is 0 Å². The normalized spacial score (nSPS) is 9.25. The van der Waals surface area contributed by atoms with Crippen LogP contribution in [-0.4, -0.2) is 0 Å². The molecule has 0 saturated carbocycles. The molecular formula is C6H4ClI. The van der Waals surface area contributed by atoms with Crippen LogP contribution >= 0.6 is 34.2 Å². The zero-order valence-electron chi connectivity index (χ0n) is 4.07. The fraction of sp³-hybridized carbons (Fsp3) is 0. The minimum Gasteiger partial charge on any atom is -0.0843 e. The van der Waals surface area contributed by atoms with Crippen molar-refractivity contribution in [2.24, 2.45) is 0 Å². The van der Waals surface area contributed by atoms with E-state index in [0.29, 0.717) is 0 Å². The molecule has 0 aliphatic heterocycles. The molecule has 0 aromatic heterocycles. The van der Waals surface area contributed by atoms with Crippen molar-refractivity contribution in [1.82, 2.24) is 0 Å². The molecule has 0 fully saturated rings. The summed E-state index contributed by atoms with van der Waals surface area (Å²) in [5.41, 5.74) is 0. The summed E-state index contributed by atoms with van der Waals surface area (Å²) < 4.78 is 1.21. The molecule has 0 saturated heterocycles. The third kappa shape index (κ3) is 1.63. The molecule has 0 heterocycles. The smallest absolute Gasteiger partial charge is 0.0406 e. The van der Waals surface area contributed by atoms with Crippen LogP contribution in [0.2, 0.25) is 5.02 Å². The molecule has 0 aliphatic rings. The van der Waals surface area contributed by atoms with E-state index in [9.17, 15) is 0 Å². The second kappa shape index (κ2) is 2.69. The topological polar surface area (TPSA) is 0 Å². The van der Waals surface area contributed by atoms with Crippen LogP contribution in [0.3, 0.4) is 0 Å². The largest absolute Gasteiger partial charge is 0.0843 e. The van der Waals surface area contributed by atoms with Crippen LogP contribution in [0.4, 0.5) is 0 Å². The van der Waals surface area contributed by atoms with Crippen molar-refractivity contribution < 1.29 is 0 Å². The minimum absolute atomic E-state index is 0.797. The van der Waals surface area contributed by atoms with Crippen LogP contribution < -0.4 is 0 Å². The molecule has 0 nitrogen and oxygen atoms in total. The molecule has 0 bridgehead atoms. The first-order chi connectivity index (χ1) is 3.79. The number of hydrogen-bond donors (Lipinski definition) is 0. The predicted octanol–water partition coefficient (Wildman–Crippen LogP) is 2.94. The highest BCUT2D eigenvalue weighted by Gasteiger charge is 1.83. The zero-order chi connectivity index (χ0) is 5.98. The Morgan fingerprint density at radius 2 is 1.62 bits per heavy atom. The lowest BCUT2D eigenvalue weighted by Crippen LogP contribution is -1.65. The van der Waals surface area contributed by atoms with Crippen molar-refractivity contribution in [1.29, 1.82) is 0 Å². The first-order valence-electron chi connectivity index (χ1n) is 2.20. The van der Waals surface area contributed by atoms with Gasteiger partial charge in [0.05, 0.1) is 0 Å². The van der Waals surface area contributed by atoms with Gasteiger partial charge in [-0.15, -0.1) is 0 Å². The Labute approximate surface area is 67.0 Å². The molecule has 0 amide bonds. The summed E-state index contributed by atoms with van der Waals surface area (Å²) >= 11 is 7.85. The van der Waals surface area contributed by atoms with Crippen molar-refractivity contribution in [2.75, 3.05) is 0 Å². The van der Waals surface area contributed by atoms with E-state index >= 15 is 0 Å². The summed E-state index contributed by atoms with van der Waals surface area (Å²) in [6, 6.07) is 7.71. The maximum atomic E-state index is 5.61. The molecule has 0 radical (unpaired) electrons. The Morgan fingerprint density at radius 1 is 1.12 bits per heavy atom. The summed E-state index contributed by atoms with van der Waals surface area (Å²) in [7, 11) is 0. The SMILES string of the molecule is Clc1ccc([131I])cc1. The third-order valence-electron chi connectivity index (χ3n) is 0.804. The van der Waals surface area contributed by atoms with Gasteiger partial charge < -0.3 is 0 Å². The van der Waals surface area contributed by atoms with E-state index in [1.165, 1.54) is 3.57 Å². The standard InChI is InChI=1S/C6H4ClI/c7-5-1-3-6(8)4-2-5/h1-4H/i8+4. The highest BCUT2D eigenvalue weighted by molar-refractivity contribution is 14.1. The summed E-state index contributed by atoms with van der Waals surface area (Å²) in [4.78, 5) is 0. The van der Waals surface area contributed by atoms with Gasteiger partial charge in [0, 0.05) is 8.59 Å². The molecule has 1 rings (SSSR count). The van der Waals surface area contributed by atoms with Gasteiger partial charge in [0.15, 0.2) is 0 Å². The molecule has 2 heteroatoms. The van der Waals surface area contributed by atoms with E-state index in [4.69, 9.17) is 11.6 Å². The maximum Gasteiger partial charge on any atom is 0.0406 e. The lowest BCUT2D eigenvalue weighted by molar-refractivity contribution is 1.65. The Balaban J connectivity index is 3.03. The quantitative estimate of drug-likeness (QED) is 0.614. The van der Waals surface area contributed by atoms with Gasteiger partial charge in [-0.3, -0.25) is 0 Å². The third-order valence-corrected chi connectivity index (χ3v) is 1.77. The van der Waals surface area contributed by atoms with Gasteiger partial charge in [-0.2, -0.15) is 0 Å². The van der Waals surface area contributed by atoms with Crippen molar-refractivity contribution in [3.8, 4) is 0 Å². The van der Waals surface area contributed by atoms with Gasteiger partial charge in [0.1, 0.15) is 0 Å². The van der Waals surface area contributed by atoms with E-state index in [2.05, 4.69) is 22.6 Å². The molecule has 8 heavy (non-hydrogen) atoms. The van der Waals surface area contributed by atoms with E-state index in [1.54, 1.807) is 0 Å². The molecule has 0 N–H and O–H groups in total. The summed E-state index contributed by atoms with van der Waals surface area (Å²) in [5.74, 6) is 0. The second-order valence-corrected chi connectivity index (χ2v) is 3.12. The van der Waals surface area contributed by atoms with E-state index < -0.39 is 0 Å². The summed E-state index contributed by atoms with van der Waals surface area (Å²) in [6.45, 7) is 0. The average molecular weight is 242 g/mol. The first-order valence-corrected chi connectivity index (χ1v) is 3.66. The van der Waals surface area contributed by atoms with Gasteiger partial charge in [-0.1, -0.05) is 11.6 Å². The van der Waals surface area contributed by atoms with E-state index in [0.717, 1.165) is 5.02 Å². The van der Waals surface area contributed by atoms with Crippen LogP contribution in [0.15, 0.2) is 24.3 Å². The summed E-state index contributed by atoms with van der Waals surface area (Å²) in [5, 5.41) is 0.797. The molecule has 0 unspecified atom stereocenters. The van der Waals surface area contributed by atoms with Gasteiger partial charge in [0.25, 0.3) is 0 Å². The predicted molar refractivity (Wildman–Crippen MR) is 44.2 cm³/mol. The lowest BCUT2D eigenvalue weighted by atomic mass is 10.4. The average Bonchev–Trinajstić information content (AvgIpc) is 1.77. The molecule has 1 aromatic rings. The molecule has 42 valence electrons. The van der Waals surface area contributed by atoms with Crippen molar-refractivity contribution in [3.63, 3.8) is 0 Å². The van der Waals surface area contributed by atoms with E-state index in [-0.39, 0.29) is 0 Å². The Kier molecular flexibility index (Phi) is 2.14. The van der Waals surface area contributed by atoms with Gasteiger partial charge >= 0.3 is 0 Å². The number of halogens is 2. The minimum atomic E-state index is 0.797. The van der Waals surface area contributed by atoms with Crippen LogP contribution in [0, 0.1) is 3.57 Å². The molecule has 1 aromatic carbocycles. The monoisotopic (exact) mass is 242 g/mol. The van der Waals surface area contributed by atoms with Gasteiger partial charge in [0.2, 0.25) is 0 Å². The Morgan fingerprint density at radius 3 is 2.00 bits per heavy atom. The molecule has 0 aliphatic carbocycles. The fourth-order valence-electron chi connectivity index (χ4n) is 0.430. The first kappa shape index (κ1) is 6.36. The maximum absolute atomic E-state index is 5.61. The van der Waals surface area contributed by atoms with Crippen molar-refractivity contribution >= 4 is 34.2 Å². The zero-order valence-corrected chi connectivity index (χ0v) is 6.98. The summed E-state index contributed by atoms with van der Waals surface area (Å²) in [6.07, 6.45) is 0. The second-order valence-electron chi connectivity index (χ2n) is 1.44. The number of rotatable bonds is 0. The Hall–Kier alpha value is 0.240. The lowest BCUT2D eigenvalue weighted by Gasteiger charge is -1.86. The van der Waals surface area contributed by atoms with E-state index in [1.807, 2.05) is 24.3 Å². The van der Waals surface area contributed by atoms with Crippen molar-refractivity contribution in [3.05, 3.63) is 32.9 Å². The number of benzene rings is 1. The molecule has 0 atom stereocenters.